The summed E-state index contributed by atoms with van der Waals surface area (Å²) in [4.78, 5) is 2.33. The maximum absolute atomic E-state index is 13.7. The van der Waals surface area contributed by atoms with Gasteiger partial charge in [0.2, 0.25) is 0 Å². The third-order valence-electron chi connectivity index (χ3n) is 4.01. The van der Waals surface area contributed by atoms with E-state index in [0.29, 0.717) is 10.6 Å². The molecule has 0 atom stereocenters. The van der Waals surface area contributed by atoms with Gasteiger partial charge in [0, 0.05) is 24.3 Å². The first-order chi connectivity index (χ1) is 11.1. The fourth-order valence-electron chi connectivity index (χ4n) is 2.60. The Morgan fingerprint density at radius 2 is 1.74 bits per heavy atom. The molecule has 0 radical (unpaired) electrons. The van der Waals surface area contributed by atoms with E-state index in [9.17, 15) is 4.39 Å². The van der Waals surface area contributed by atoms with E-state index in [2.05, 4.69) is 41.2 Å². The van der Waals surface area contributed by atoms with Gasteiger partial charge in [-0.05, 0) is 31.2 Å². The van der Waals surface area contributed by atoms with Gasteiger partial charge in [0.05, 0.1) is 24.3 Å². The lowest BCUT2D eigenvalue weighted by atomic mass is 10.2. The Bertz CT molecular complexity index is 672. The Hall–Kier alpha value is -2.07. The van der Waals surface area contributed by atoms with Crippen LogP contribution >= 0.6 is 11.6 Å². The Morgan fingerprint density at radius 1 is 1.04 bits per heavy atom. The van der Waals surface area contributed by atoms with Gasteiger partial charge in [0.15, 0.2) is 0 Å². The third kappa shape index (κ3) is 3.82. The van der Waals surface area contributed by atoms with Crippen LogP contribution in [-0.2, 0) is 0 Å². The highest BCUT2D eigenvalue weighted by molar-refractivity contribution is 6.33. The topological polar surface area (TPSA) is 18.8 Å². The van der Waals surface area contributed by atoms with Gasteiger partial charge in [-0.2, -0.15) is 5.10 Å². The van der Waals surface area contributed by atoms with Crippen molar-refractivity contribution in [1.29, 1.82) is 0 Å². The molecule has 0 aliphatic carbocycles. The summed E-state index contributed by atoms with van der Waals surface area (Å²) in [6.45, 7) is 5.48. The van der Waals surface area contributed by atoms with Crippen LogP contribution in [0.5, 0.6) is 0 Å². The molecule has 23 heavy (non-hydrogen) atoms. The molecule has 1 heterocycles. The molecule has 0 amide bonds. The summed E-state index contributed by atoms with van der Waals surface area (Å²) < 4.78 is 13.7. The largest absolute Gasteiger partial charge is 0.368 e. The van der Waals surface area contributed by atoms with Gasteiger partial charge in [-0.15, -0.1) is 0 Å². The molecule has 120 valence electrons. The SMILES string of the molecule is Cc1ccc(N2CCN(N=Cc3c(F)cccc3Cl)CC2)cc1. The number of nitrogens with zero attached hydrogens (tertiary/aromatic N) is 3. The van der Waals surface area contributed by atoms with Gasteiger partial charge >= 0.3 is 0 Å². The lowest BCUT2D eigenvalue weighted by Gasteiger charge is -2.34. The Morgan fingerprint density at radius 3 is 2.39 bits per heavy atom. The van der Waals surface area contributed by atoms with Crippen molar-refractivity contribution < 1.29 is 4.39 Å². The van der Waals surface area contributed by atoms with Gasteiger partial charge in [-0.3, -0.25) is 5.01 Å². The number of halogens is 2. The van der Waals surface area contributed by atoms with Crippen LogP contribution in [0.1, 0.15) is 11.1 Å². The highest BCUT2D eigenvalue weighted by Gasteiger charge is 2.15. The maximum atomic E-state index is 13.7. The van der Waals surface area contributed by atoms with E-state index in [1.54, 1.807) is 12.1 Å². The van der Waals surface area contributed by atoms with Gasteiger partial charge in [0.25, 0.3) is 0 Å². The number of benzene rings is 2. The number of hydrogen-bond acceptors (Lipinski definition) is 3. The lowest BCUT2D eigenvalue weighted by Crippen LogP contribution is -2.44. The molecule has 5 heteroatoms. The molecule has 1 aliphatic heterocycles. The van der Waals surface area contributed by atoms with Crippen LogP contribution in [0.4, 0.5) is 10.1 Å². The summed E-state index contributed by atoms with van der Waals surface area (Å²) in [5.41, 5.74) is 2.84. The van der Waals surface area contributed by atoms with Crippen LogP contribution < -0.4 is 4.90 Å². The molecule has 0 bridgehead atoms. The minimum Gasteiger partial charge on any atom is -0.368 e. The van der Waals surface area contributed by atoms with Gasteiger partial charge in [0.1, 0.15) is 5.82 Å². The quantitative estimate of drug-likeness (QED) is 0.793. The van der Waals surface area contributed by atoms with Crippen molar-refractivity contribution in [2.75, 3.05) is 31.1 Å². The molecule has 0 spiro atoms. The summed E-state index contributed by atoms with van der Waals surface area (Å²) in [5, 5.41) is 6.71. The molecule has 2 aromatic carbocycles. The normalized spacial score (nSPS) is 15.4. The van der Waals surface area contributed by atoms with Crippen LogP contribution in [-0.4, -0.2) is 37.4 Å². The molecule has 1 aliphatic rings. The number of hydrogen-bond donors (Lipinski definition) is 0. The second kappa shape index (κ2) is 7.01. The minimum atomic E-state index is -0.348. The zero-order chi connectivity index (χ0) is 16.2. The fourth-order valence-corrected chi connectivity index (χ4v) is 2.81. The van der Waals surface area contributed by atoms with Crippen LogP contribution in [0.15, 0.2) is 47.6 Å². The van der Waals surface area contributed by atoms with E-state index in [-0.39, 0.29) is 5.82 Å². The fraction of sp³-hybridized carbons (Fsp3) is 0.278. The van der Waals surface area contributed by atoms with Crippen molar-refractivity contribution >= 4 is 23.5 Å². The summed E-state index contributed by atoms with van der Waals surface area (Å²) in [6, 6.07) is 13.2. The molecule has 2 aromatic rings. The predicted octanol–water partition coefficient (Wildman–Crippen LogP) is 3.94. The molecule has 0 unspecified atom stereocenters. The Balaban J connectivity index is 1.61. The number of piperazine rings is 1. The first-order valence-electron chi connectivity index (χ1n) is 7.68. The van der Waals surface area contributed by atoms with Crippen molar-refractivity contribution in [3.8, 4) is 0 Å². The van der Waals surface area contributed by atoms with Crippen molar-refractivity contribution in [2.45, 2.75) is 6.92 Å². The number of rotatable bonds is 3. The maximum Gasteiger partial charge on any atom is 0.133 e. The van der Waals surface area contributed by atoms with E-state index in [4.69, 9.17) is 11.6 Å². The molecule has 0 aromatic heterocycles. The molecule has 3 nitrogen and oxygen atoms in total. The third-order valence-corrected chi connectivity index (χ3v) is 4.33. The standard InChI is InChI=1S/C18H19ClFN3/c1-14-5-7-15(8-6-14)22-9-11-23(12-10-22)21-13-16-17(19)3-2-4-18(16)20/h2-8,13H,9-12H2,1H3. The number of hydrazone groups is 1. The highest BCUT2D eigenvalue weighted by Crippen LogP contribution is 2.19. The summed E-state index contributed by atoms with van der Waals surface area (Å²) >= 11 is 6.01. The molecule has 0 saturated carbocycles. The first-order valence-corrected chi connectivity index (χ1v) is 8.06. The zero-order valence-corrected chi connectivity index (χ0v) is 13.8. The molecule has 0 N–H and O–H groups in total. The van der Waals surface area contributed by atoms with Crippen molar-refractivity contribution in [1.82, 2.24) is 5.01 Å². The summed E-state index contributed by atoms with van der Waals surface area (Å²) in [5.74, 6) is -0.348. The summed E-state index contributed by atoms with van der Waals surface area (Å²) in [7, 11) is 0. The second-order valence-corrected chi connectivity index (χ2v) is 6.06. The van der Waals surface area contributed by atoms with E-state index in [0.717, 1.165) is 26.2 Å². The van der Waals surface area contributed by atoms with E-state index >= 15 is 0 Å². The van der Waals surface area contributed by atoms with Gasteiger partial charge in [-0.25, -0.2) is 4.39 Å². The van der Waals surface area contributed by atoms with Gasteiger partial charge in [-0.1, -0.05) is 35.4 Å². The van der Waals surface area contributed by atoms with Crippen molar-refractivity contribution in [2.24, 2.45) is 5.10 Å². The number of aryl methyl sites for hydroxylation is 1. The van der Waals surface area contributed by atoms with Crippen LogP contribution in [0, 0.1) is 12.7 Å². The molecule has 1 saturated heterocycles. The molecule has 1 fully saturated rings. The highest BCUT2D eigenvalue weighted by atomic mass is 35.5. The van der Waals surface area contributed by atoms with Crippen molar-refractivity contribution in [3.05, 3.63) is 64.4 Å². The minimum absolute atomic E-state index is 0.343. The molecular weight excluding hydrogens is 313 g/mol. The molecule has 3 rings (SSSR count). The number of anilines is 1. The predicted molar refractivity (Wildman–Crippen MR) is 94.0 cm³/mol. The lowest BCUT2D eigenvalue weighted by molar-refractivity contribution is 0.272. The smallest absolute Gasteiger partial charge is 0.133 e. The van der Waals surface area contributed by atoms with Crippen LogP contribution in [0.2, 0.25) is 5.02 Å². The monoisotopic (exact) mass is 331 g/mol. The first kappa shape index (κ1) is 15.8. The Labute approximate surface area is 141 Å². The van der Waals surface area contributed by atoms with E-state index < -0.39 is 0 Å². The average Bonchev–Trinajstić information content (AvgIpc) is 2.56. The summed E-state index contributed by atoms with van der Waals surface area (Å²) in [6.07, 6.45) is 1.51. The second-order valence-electron chi connectivity index (χ2n) is 5.66. The van der Waals surface area contributed by atoms with Crippen LogP contribution in [0.3, 0.4) is 0 Å². The average molecular weight is 332 g/mol. The zero-order valence-electron chi connectivity index (χ0n) is 13.0. The van der Waals surface area contributed by atoms with E-state index in [1.807, 2.05) is 5.01 Å². The molecular formula is C18H19ClFN3. The van der Waals surface area contributed by atoms with Gasteiger partial charge < -0.3 is 4.90 Å². The van der Waals surface area contributed by atoms with Crippen molar-refractivity contribution in [3.63, 3.8) is 0 Å². The van der Waals surface area contributed by atoms with E-state index in [1.165, 1.54) is 23.5 Å². The Kier molecular flexibility index (Phi) is 4.82. The van der Waals surface area contributed by atoms with Crippen LogP contribution in [0.25, 0.3) is 0 Å².